The SMILES string of the molecule is CN(Cc1ccccc1F)S(=O)(=O)N1CCCC1. The highest BCUT2D eigenvalue weighted by Crippen LogP contribution is 2.18. The van der Waals surface area contributed by atoms with E-state index in [0.717, 1.165) is 12.8 Å². The van der Waals surface area contributed by atoms with Crippen molar-refractivity contribution in [1.29, 1.82) is 0 Å². The Morgan fingerprint density at radius 2 is 1.89 bits per heavy atom. The molecule has 6 heteroatoms. The van der Waals surface area contributed by atoms with Gasteiger partial charge in [0.2, 0.25) is 0 Å². The molecular formula is C12H17FN2O2S. The molecule has 0 aromatic heterocycles. The first-order chi connectivity index (χ1) is 8.51. The van der Waals surface area contributed by atoms with Gasteiger partial charge < -0.3 is 0 Å². The lowest BCUT2D eigenvalue weighted by molar-refractivity contribution is 0.388. The average Bonchev–Trinajstić information content (AvgIpc) is 2.86. The third-order valence-electron chi connectivity index (χ3n) is 3.14. The van der Waals surface area contributed by atoms with E-state index < -0.39 is 10.2 Å². The summed E-state index contributed by atoms with van der Waals surface area (Å²) in [6.45, 7) is 1.18. The molecule has 2 rings (SSSR count). The first kappa shape index (κ1) is 13.5. The van der Waals surface area contributed by atoms with E-state index in [1.54, 1.807) is 18.2 Å². The first-order valence-electron chi connectivity index (χ1n) is 5.96. The van der Waals surface area contributed by atoms with Crippen molar-refractivity contribution < 1.29 is 12.8 Å². The average molecular weight is 272 g/mol. The zero-order valence-corrected chi connectivity index (χ0v) is 11.2. The fourth-order valence-electron chi connectivity index (χ4n) is 2.06. The van der Waals surface area contributed by atoms with E-state index in [1.807, 2.05) is 0 Å². The lowest BCUT2D eigenvalue weighted by Gasteiger charge is -2.23. The summed E-state index contributed by atoms with van der Waals surface area (Å²) in [5.41, 5.74) is 0.391. The molecular weight excluding hydrogens is 255 g/mol. The van der Waals surface area contributed by atoms with E-state index in [9.17, 15) is 12.8 Å². The van der Waals surface area contributed by atoms with E-state index in [-0.39, 0.29) is 12.4 Å². The maximum atomic E-state index is 13.5. The van der Waals surface area contributed by atoms with Gasteiger partial charge in [0, 0.05) is 32.2 Å². The molecule has 0 amide bonds. The third-order valence-corrected chi connectivity index (χ3v) is 5.07. The molecule has 0 bridgehead atoms. The quantitative estimate of drug-likeness (QED) is 0.835. The monoisotopic (exact) mass is 272 g/mol. The molecule has 0 aliphatic carbocycles. The van der Waals surface area contributed by atoms with Crippen LogP contribution in [0, 0.1) is 5.82 Å². The molecule has 1 fully saturated rings. The molecule has 1 aromatic carbocycles. The summed E-state index contributed by atoms with van der Waals surface area (Å²) >= 11 is 0. The Morgan fingerprint density at radius 3 is 2.50 bits per heavy atom. The molecule has 1 aliphatic heterocycles. The maximum Gasteiger partial charge on any atom is 0.282 e. The van der Waals surface area contributed by atoms with Gasteiger partial charge in [0.1, 0.15) is 5.82 Å². The van der Waals surface area contributed by atoms with Crippen LogP contribution in [0.2, 0.25) is 0 Å². The first-order valence-corrected chi connectivity index (χ1v) is 7.36. The van der Waals surface area contributed by atoms with Crippen LogP contribution in [0.4, 0.5) is 4.39 Å². The van der Waals surface area contributed by atoms with Crippen molar-refractivity contribution in [2.75, 3.05) is 20.1 Å². The second kappa shape index (κ2) is 5.34. The van der Waals surface area contributed by atoms with Crippen molar-refractivity contribution >= 4 is 10.2 Å². The smallest absolute Gasteiger partial charge is 0.207 e. The van der Waals surface area contributed by atoms with Gasteiger partial charge in [-0.05, 0) is 18.9 Å². The maximum absolute atomic E-state index is 13.5. The van der Waals surface area contributed by atoms with Crippen LogP contribution in [0.5, 0.6) is 0 Å². The second-order valence-corrected chi connectivity index (χ2v) is 6.50. The highest BCUT2D eigenvalue weighted by Gasteiger charge is 2.29. The van der Waals surface area contributed by atoms with Crippen LogP contribution < -0.4 is 0 Å². The zero-order valence-electron chi connectivity index (χ0n) is 10.3. The fraction of sp³-hybridized carbons (Fsp3) is 0.500. The van der Waals surface area contributed by atoms with E-state index in [1.165, 1.54) is 21.7 Å². The zero-order chi connectivity index (χ0) is 13.2. The standard InChI is InChI=1S/C12H17FN2O2S/c1-14(10-11-6-2-3-7-12(11)13)18(16,17)15-8-4-5-9-15/h2-3,6-7H,4-5,8-10H2,1H3. The van der Waals surface area contributed by atoms with Crippen LogP contribution in [0.15, 0.2) is 24.3 Å². The molecule has 0 saturated carbocycles. The van der Waals surface area contributed by atoms with Gasteiger partial charge in [0.25, 0.3) is 10.2 Å². The fourth-order valence-corrected chi connectivity index (χ4v) is 3.48. The van der Waals surface area contributed by atoms with Gasteiger partial charge in [0.05, 0.1) is 0 Å². The largest absolute Gasteiger partial charge is 0.282 e. The van der Waals surface area contributed by atoms with Gasteiger partial charge in [-0.1, -0.05) is 18.2 Å². The Balaban J connectivity index is 2.12. The Labute approximate surface area is 107 Å². The third kappa shape index (κ3) is 2.71. The van der Waals surface area contributed by atoms with E-state index in [2.05, 4.69) is 0 Å². The molecule has 0 spiro atoms. The Bertz CT molecular complexity index is 513. The van der Waals surface area contributed by atoms with Crippen LogP contribution in [0.1, 0.15) is 18.4 Å². The molecule has 1 aromatic rings. The second-order valence-electron chi connectivity index (χ2n) is 4.46. The predicted molar refractivity (Wildman–Crippen MR) is 67.6 cm³/mol. The summed E-state index contributed by atoms with van der Waals surface area (Å²) in [5, 5.41) is 0. The number of benzene rings is 1. The summed E-state index contributed by atoms with van der Waals surface area (Å²) in [6.07, 6.45) is 1.79. The van der Waals surface area contributed by atoms with Gasteiger partial charge in [-0.3, -0.25) is 0 Å². The normalized spacial score (nSPS) is 17.5. The van der Waals surface area contributed by atoms with Crippen LogP contribution in [-0.4, -0.2) is 37.2 Å². The number of hydrogen-bond acceptors (Lipinski definition) is 2. The van der Waals surface area contributed by atoms with Gasteiger partial charge >= 0.3 is 0 Å². The van der Waals surface area contributed by atoms with Crippen LogP contribution in [0.25, 0.3) is 0 Å². The van der Waals surface area contributed by atoms with Crippen LogP contribution in [0.3, 0.4) is 0 Å². The minimum Gasteiger partial charge on any atom is -0.207 e. The number of nitrogens with zero attached hydrogens (tertiary/aromatic N) is 2. The minimum atomic E-state index is -3.45. The highest BCUT2D eigenvalue weighted by molar-refractivity contribution is 7.86. The van der Waals surface area contributed by atoms with Gasteiger partial charge in [-0.25, -0.2) is 4.39 Å². The predicted octanol–water partition coefficient (Wildman–Crippen LogP) is 1.60. The molecule has 18 heavy (non-hydrogen) atoms. The molecule has 100 valence electrons. The number of halogens is 1. The summed E-state index contributed by atoms with van der Waals surface area (Å²) < 4.78 is 40.5. The molecule has 0 atom stereocenters. The highest BCUT2D eigenvalue weighted by atomic mass is 32.2. The molecule has 1 aliphatic rings. The summed E-state index contributed by atoms with van der Waals surface area (Å²) in [5.74, 6) is -0.374. The van der Waals surface area contributed by atoms with Crippen molar-refractivity contribution in [3.05, 3.63) is 35.6 Å². The van der Waals surface area contributed by atoms with Gasteiger partial charge in [0.15, 0.2) is 0 Å². The Kier molecular flexibility index (Phi) is 3.99. The molecule has 1 saturated heterocycles. The summed E-state index contributed by atoms with van der Waals surface area (Å²) in [6, 6.07) is 6.24. The Morgan fingerprint density at radius 1 is 1.28 bits per heavy atom. The molecule has 0 radical (unpaired) electrons. The van der Waals surface area contributed by atoms with Crippen molar-refractivity contribution in [3.8, 4) is 0 Å². The lowest BCUT2D eigenvalue weighted by Crippen LogP contribution is -2.39. The molecule has 0 unspecified atom stereocenters. The van der Waals surface area contributed by atoms with Crippen molar-refractivity contribution in [1.82, 2.24) is 8.61 Å². The minimum absolute atomic E-state index is 0.0610. The van der Waals surface area contributed by atoms with Crippen LogP contribution >= 0.6 is 0 Å². The molecule has 1 heterocycles. The topological polar surface area (TPSA) is 40.6 Å². The van der Waals surface area contributed by atoms with Gasteiger partial charge in [-0.15, -0.1) is 0 Å². The van der Waals surface area contributed by atoms with E-state index in [4.69, 9.17) is 0 Å². The summed E-state index contributed by atoms with van der Waals surface area (Å²) in [4.78, 5) is 0. The van der Waals surface area contributed by atoms with Crippen molar-refractivity contribution in [2.24, 2.45) is 0 Å². The van der Waals surface area contributed by atoms with E-state index in [0.29, 0.717) is 18.7 Å². The summed E-state index contributed by atoms with van der Waals surface area (Å²) in [7, 11) is -1.97. The van der Waals surface area contributed by atoms with E-state index >= 15 is 0 Å². The van der Waals surface area contributed by atoms with Crippen molar-refractivity contribution in [2.45, 2.75) is 19.4 Å². The van der Waals surface area contributed by atoms with Gasteiger partial charge in [-0.2, -0.15) is 17.0 Å². The lowest BCUT2D eigenvalue weighted by atomic mass is 10.2. The Hall–Kier alpha value is -0.980. The molecule has 0 N–H and O–H groups in total. The van der Waals surface area contributed by atoms with Crippen LogP contribution in [-0.2, 0) is 16.8 Å². The van der Waals surface area contributed by atoms with Crippen molar-refractivity contribution in [3.63, 3.8) is 0 Å². The number of rotatable bonds is 4. The molecule has 4 nitrogen and oxygen atoms in total. The number of hydrogen-bond donors (Lipinski definition) is 0.